The minimum Gasteiger partial charge on any atom is -0.258 e. The summed E-state index contributed by atoms with van der Waals surface area (Å²) >= 11 is 0. The molecule has 0 fully saturated rings. The van der Waals surface area contributed by atoms with Gasteiger partial charge in [-0.2, -0.15) is 10.2 Å². The second-order valence-electron chi connectivity index (χ2n) is 7.23. The minimum absolute atomic E-state index is 0.168. The van der Waals surface area contributed by atoms with E-state index in [0.717, 1.165) is 5.39 Å². The highest BCUT2D eigenvalue weighted by molar-refractivity contribution is 6.58. The van der Waals surface area contributed by atoms with Gasteiger partial charge in [0.15, 0.2) is 11.5 Å². The molecule has 26 heavy (non-hydrogen) atoms. The summed E-state index contributed by atoms with van der Waals surface area (Å²) in [6, 6.07) is 10.5. The van der Waals surface area contributed by atoms with Crippen LogP contribution in [0.25, 0.3) is 22.6 Å². The number of halogens is 1. The van der Waals surface area contributed by atoms with Crippen LogP contribution < -0.4 is 0 Å². The number of H-pyrrole nitrogens is 1. The van der Waals surface area contributed by atoms with Crippen LogP contribution in [0.3, 0.4) is 0 Å². The fourth-order valence-electron chi connectivity index (χ4n) is 2.79. The molecule has 0 radical (unpaired) electrons. The fourth-order valence-corrected chi connectivity index (χ4v) is 2.79. The first kappa shape index (κ1) is 16.6. The van der Waals surface area contributed by atoms with Crippen molar-refractivity contribution in [1.29, 1.82) is 0 Å². The average molecular weight is 344 g/mol. The molecule has 0 aliphatic heterocycles. The van der Waals surface area contributed by atoms with Gasteiger partial charge in [0, 0.05) is 11.8 Å². The highest BCUT2D eigenvalue weighted by atomic mass is 19.1. The van der Waals surface area contributed by atoms with E-state index in [1.165, 1.54) is 6.07 Å². The van der Waals surface area contributed by atoms with E-state index < -0.39 is 0 Å². The molecule has 0 saturated carbocycles. The number of hydrogen-bond donors (Lipinski definition) is 1. The first-order chi connectivity index (χ1) is 12.4. The predicted octanol–water partition coefficient (Wildman–Crippen LogP) is -0.587. The van der Waals surface area contributed by atoms with E-state index >= 15 is 0 Å². The summed E-state index contributed by atoms with van der Waals surface area (Å²) in [6.07, 6.45) is 1.70. The lowest BCUT2D eigenvalue weighted by atomic mass is 9.42. The van der Waals surface area contributed by atoms with E-state index in [1.54, 1.807) is 23.0 Å². The lowest BCUT2D eigenvalue weighted by Crippen LogP contribution is -2.28. The largest absolute Gasteiger partial charge is 0.258 e. The topological polar surface area (TPSA) is 72.3 Å². The number of pyridine rings is 1. The second kappa shape index (κ2) is 6.12. The van der Waals surface area contributed by atoms with Crippen molar-refractivity contribution in [1.82, 2.24) is 29.9 Å². The Morgan fingerprint density at radius 1 is 1.12 bits per heavy atom. The van der Waals surface area contributed by atoms with Gasteiger partial charge in [-0.05, 0) is 18.2 Å². The molecule has 10 heteroatoms. The standard InChI is InChI=1S/C16H16B3FN6/c17-16(18,19)15-22-13(23-24-15)12-10-5-3-7-21-14(10)26(25-12)8-9-4-1-2-6-11(9)20/h1-7H,8,17-19H2,(H,22,23,24). The van der Waals surface area contributed by atoms with Crippen molar-refractivity contribution < 1.29 is 4.39 Å². The summed E-state index contributed by atoms with van der Waals surface area (Å²) in [6.45, 7) is 0.292. The van der Waals surface area contributed by atoms with Gasteiger partial charge < -0.3 is 0 Å². The minimum atomic E-state index is -0.261. The Bertz CT molecular complexity index is 1080. The molecule has 0 aliphatic rings. The Morgan fingerprint density at radius 3 is 2.65 bits per heavy atom. The van der Waals surface area contributed by atoms with E-state index in [2.05, 4.69) is 48.8 Å². The molecule has 126 valence electrons. The third-order valence-corrected chi connectivity index (χ3v) is 4.17. The van der Waals surface area contributed by atoms with Gasteiger partial charge in [0.05, 0.1) is 35.5 Å². The third kappa shape index (κ3) is 2.91. The second-order valence-corrected chi connectivity index (χ2v) is 7.23. The molecule has 1 aromatic carbocycles. The van der Waals surface area contributed by atoms with Crippen LogP contribution in [0.15, 0.2) is 42.6 Å². The number of hydrogen-bond acceptors (Lipinski definition) is 4. The number of aromatic amines is 1. The third-order valence-electron chi connectivity index (χ3n) is 4.17. The molecular formula is C16H16B3FN6. The van der Waals surface area contributed by atoms with Crippen LogP contribution in [0.2, 0.25) is 0 Å². The summed E-state index contributed by atoms with van der Waals surface area (Å²) in [7, 11) is 6.16. The Balaban J connectivity index is 1.82. The van der Waals surface area contributed by atoms with Crippen LogP contribution >= 0.6 is 0 Å². The van der Waals surface area contributed by atoms with Gasteiger partial charge in [-0.15, -0.1) is 0 Å². The molecule has 3 heterocycles. The zero-order valence-corrected chi connectivity index (χ0v) is 14.9. The lowest BCUT2D eigenvalue weighted by molar-refractivity contribution is 0.589. The smallest absolute Gasteiger partial charge is 0.176 e. The molecule has 0 unspecified atom stereocenters. The molecule has 1 N–H and O–H groups in total. The summed E-state index contributed by atoms with van der Waals surface area (Å²) in [5.41, 5.74) is 1.90. The maximum atomic E-state index is 14.0. The average Bonchev–Trinajstić information content (AvgIpc) is 3.22. The van der Waals surface area contributed by atoms with Crippen LogP contribution in [-0.2, 0) is 11.7 Å². The zero-order chi connectivity index (χ0) is 18.3. The summed E-state index contributed by atoms with van der Waals surface area (Å²) in [4.78, 5) is 9.02. The molecule has 0 spiro atoms. The highest BCUT2D eigenvalue weighted by Gasteiger charge is 2.22. The molecule has 6 nitrogen and oxygen atoms in total. The quantitative estimate of drug-likeness (QED) is 0.503. The number of fused-ring (bicyclic) bond motifs is 1. The predicted molar refractivity (Wildman–Crippen MR) is 106 cm³/mol. The first-order valence-corrected chi connectivity index (χ1v) is 8.41. The van der Waals surface area contributed by atoms with Gasteiger partial charge in [-0.3, -0.25) is 5.10 Å². The van der Waals surface area contributed by atoms with Gasteiger partial charge >= 0.3 is 0 Å². The van der Waals surface area contributed by atoms with E-state index in [-0.39, 0.29) is 10.9 Å². The van der Waals surface area contributed by atoms with Crippen molar-refractivity contribution in [2.24, 2.45) is 0 Å². The van der Waals surface area contributed by atoms with E-state index in [4.69, 9.17) is 0 Å². The van der Waals surface area contributed by atoms with Crippen molar-refractivity contribution in [3.05, 3.63) is 59.8 Å². The van der Waals surface area contributed by atoms with Crippen LogP contribution in [-0.4, -0.2) is 53.5 Å². The molecule has 3 aromatic heterocycles. The van der Waals surface area contributed by atoms with E-state index in [9.17, 15) is 4.39 Å². The number of rotatable bonds is 4. The Hall–Kier alpha value is -2.90. The van der Waals surface area contributed by atoms with Crippen molar-refractivity contribution >= 4 is 34.6 Å². The monoisotopic (exact) mass is 344 g/mol. The van der Waals surface area contributed by atoms with Gasteiger partial charge in [0.25, 0.3) is 0 Å². The zero-order valence-electron chi connectivity index (χ0n) is 14.9. The number of aromatic nitrogens is 6. The van der Waals surface area contributed by atoms with Crippen molar-refractivity contribution in [2.75, 3.05) is 0 Å². The molecule has 0 saturated heterocycles. The van der Waals surface area contributed by atoms with Gasteiger partial charge in [-0.25, -0.2) is 19.0 Å². The van der Waals surface area contributed by atoms with Gasteiger partial charge in [0.2, 0.25) is 0 Å². The molecule has 0 aliphatic carbocycles. The summed E-state index contributed by atoms with van der Waals surface area (Å²) in [5.74, 6) is 1.04. The van der Waals surface area contributed by atoms with Crippen molar-refractivity contribution in [2.45, 2.75) is 11.7 Å². The maximum Gasteiger partial charge on any atom is 0.176 e. The molecule has 0 amide bonds. The Kier molecular flexibility index (Phi) is 3.90. The van der Waals surface area contributed by atoms with Crippen LogP contribution in [0, 0.1) is 5.82 Å². The van der Waals surface area contributed by atoms with Gasteiger partial charge in [0.1, 0.15) is 17.3 Å². The number of nitrogens with zero attached hydrogens (tertiary/aromatic N) is 5. The molecule has 0 atom stereocenters. The SMILES string of the molecule is BC(B)(B)c1n[nH]c(-c2nn(Cc3ccccc3F)c3ncccc23)n1. The van der Waals surface area contributed by atoms with Crippen LogP contribution in [0.4, 0.5) is 4.39 Å². The van der Waals surface area contributed by atoms with Crippen molar-refractivity contribution in [3.63, 3.8) is 0 Å². The molecule has 4 rings (SSSR count). The van der Waals surface area contributed by atoms with Crippen LogP contribution in [0.5, 0.6) is 0 Å². The Labute approximate surface area is 152 Å². The summed E-state index contributed by atoms with van der Waals surface area (Å²) < 4.78 is 15.7. The Morgan fingerprint density at radius 2 is 1.92 bits per heavy atom. The lowest BCUT2D eigenvalue weighted by Gasteiger charge is -2.11. The van der Waals surface area contributed by atoms with Crippen molar-refractivity contribution in [3.8, 4) is 11.5 Å². The first-order valence-electron chi connectivity index (χ1n) is 8.41. The number of nitrogens with one attached hydrogen (secondary N) is 1. The molecule has 4 aromatic rings. The molecular weight excluding hydrogens is 328 g/mol. The normalized spacial score (nSPS) is 11.9. The van der Waals surface area contributed by atoms with E-state index in [0.29, 0.717) is 35.1 Å². The van der Waals surface area contributed by atoms with Gasteiger partial charge in [-0.1, -0.05) is 23.3 Å². The fraction of sp³-hybridized carbons (Fsp3) is 0.125. The summed E-state index contributed by atoms with van der Waals surface area (Å²) in [5, 5.41) is 12.6. The maximum absolute atomic E-state index is 14.0. The molecule has 0 bridgehead atoms. The van der Waals surface area contributed by atoms with E-state index in [1.807, 2.05) is 18.2 Å². The highest BCUT2D eigenvalue weighted by Crippen LogP contribution is 2.25. The van der Waals surface area contributed by atoms with Crippen LogP contribution in [0.1, 0.15) is 11.4 Å². The number of benzene rings is 1.